The van der Waals surface area contributed by atoms with E-state index < -0.39 is 0 Å². The van der Waals surface area contributed by atoms with Gasteiger partial charge in [-0.1, -0.05) is 18.2 Å². The molecule has 1 aliphatic rings. The number of nitrogens with two attached hydrogens (primary N) is 1. The van der Waals surface area contributed by atoms with Crippen LogP contribution >= 0.6 is 0 Å². The molecule has 1 unspecified atom stereocenters. The molecule has 2 rings (SSSR count). The second kappa shape index (κ2) is 6.00. The summed E-state index contributed by atoms with van der Waals surface area (Å²) in [5.41, 5.74) is 7.31. The van der Waals surface area contributed by atoms with Crippen molar-refractivity contribution in [3.8, 4) is 5.75 Å². The summed E-state index contributed by atoms with van der Waals surface area (Å²) < 4.78 is 10.7. The van der Waals surface area contributed by atoms with Gasteiger partial charge in [0.1, 0.15) is 5.75 Å². The first-order valence-corrected chi connectivity index (χ1v) is 6.00. The Morgan fingerprint density at radius 3 is 2.76 bits per heavy atom. The highest BCUT2D eigenvalue weighted by Gasteiger charge is 2.17. The molecule has 1 saturated heterocycles. The van der Waals surface area contributed by atoms with Gasteiger partial charge in [-0.3, -0.25) is 4.90 Å². The van der Waals surface area contributed by atoms with Crippen LogP contribution < -0.4 is 10.5 Å². The van der Waals surface area contributed by atoms with Crippen molar-refractivity contribution in [1.82, 2.24) is 4.90 Å². The van der Waals surface area contributed by atoms with Gasteiger partial charge in [0.15, 0.2) is 0 Å². The Kier molecular flexibility index (Phi) is 4.36. The minimum Gasteiger partial charge on any atom is -0.496 e. The highest BCUT2D eigenvalue weighted by atomic mass is 16.5. The van der Waals surface area contributed by atoms with Crippen molar-refractivity contribution in [3.63, 3.8) is 0 Å². The third kappa shape index (κ3) is 3.19. The van der Waals surface area contributed by atoms with E-state index in [1.807, 2.05) is 24.3 Å². The molecule has 1 fully saturated rings. The first kappa shape index (κ1) is 12.4. The number of para-hydroxylation sites is 1. The summed E-state index contributed by atoms with van der Waals surface area (Å²) in [7, 11) is 1.68. The van der Waals surface area contributed by atoms with E-state index in [1.54, 1.807) is 7.11 Å². The molecular formula is C13H20N2O2. The molecule has 1 aromatic rings. The van der Waals surface area contributed by atoms with Crippen LogP contribution in [0.15, 0.2) is 24.3 Å². The van der Waals surface area contributed by atoms with Gasteiger partial charge in [-0.25, -0.2) is 0 Å². The van der Waals surface area contributed by atoms with Crippen LogP contribution in [0.5, 0.6) is 5.75 Å². The molecular weight excluding hydrogens is 216 g/mol. The summed E-state index contributed by atoms with van der Waals surface area (Å²) in [6.07, 6.45) is 0. The zero-order valence-corrected chi connectivity index (χ0v) is 10.3. The van der Waals surface area contributed by atoms with Crippen LogP contribution in [0.4, 0.5) is 0 Å². The van der Waals surface area contributed by atoms with Crippen molar-refractivity contribution in [3.05, 3.63) is 29.8 Å². The number of methoxy groups -OCH3 is 1. The Morgan fingerprint density at radius 2 is 2.06 bits per heavy atom. The standard InChI is InChI=1S/C13H20N2O2/c1-16-13-5-3-2-4-11(13)12(14)10-15-6-8-17-9-7-15/h2-5,12H,6-10,14H2,1H3. The Hall–Kier alpha value is -1.10. The maximum Gasteiger partial charge on any atom is 0.123 e. The highest BCUT2D eigenvalue weighted by Crippen LogP contribution is 2.23. The molecule has 0 amide bonds. The van der Waals surface area contributed by atoms with Gasteiger partial charge in [-0.05, 0) is 6.07 Å². The second-order valence-electron chi connectivity index (χ2n) is 4.26. The highest BCUT2D eigenvalue weighted by molar-refractivity contribution is 5.35. The topological polar surface area (TPSA) is 47.7 Å². The quantitative estimate of drug-likeness (QED) is 0.848. The molecule has 17 heavy (non-hydrogen) atoms. The van der Waals surface area contributed by atoms with Crippen LogP contribution in [0.2, 0.25) is 0 Å². The number of hydrogen-bond acceptors (Lipinski definition) is 4. The smallest absolute Gasteiger partial charge is 0.123 e. The molecule has 1 atom stereocenters. The van der Waals surface area contributed by atoms with Crippen LogP contribution in [0.3, 0.4) is 0 Å². The molecule has 0 bridgehead atoms. The minimum atomic E-state index is -0.00995. The Labute approximate surface area is 102 Å². The maximum atomic E-state index is 6.24. The zero-order chi connectivity index (χ0) is 12.1. The molecule has 94 valence electrons. The van der Waals surface area contributed by atoms with Gasteiger partial charge >= 0.3 is 0 Å². The van der Waals surface area contributed by atoms with Crippen molar-refractivity contribution >= 4 is 0 Å². The van der Waals surface area contributed by atoms with E-state index in [2.05, 4.69) is 4.90 Å². The van der Waals surface area contributed by atoms with Gasteiger partial charge in [0, 0.05) is 31.2 Å². The average molecular weight is 236 g/mol. The SMILES string of the molecule is COc1ccccc1C(N)CN1CCOCC1. The predicted molar refractivity (Wildman–Crippen MR) is 67.2 cm³/mol. The first-order chi connectivity index (χ1) is 8.31. The molecule has 1 heterocycles. The van der Waals surface area contributed by atoms with Crippen LogP contribution in [0, 0.1) is 0 Å². The summed E-state index contributed by atoms with van der Waals surface area (Å²) >= 11 is 0. The summed E-state index contributed by atoms with van der Waals surface area (Å²) in [5, 5.41) is 0. The van der Waals surface area contributed by atoms with Gasteiger partial charge in [-0.15, -0.1) is 0 Å². The van der Waals surface area contributed by atoms with Crippen molar-refractivity contribution in [2.45, 2.75) is 6.04 Å². The van der Waals surface area contributed by atoms with Crippen LogP contribution in [0.1, 0.15) is 11.6 Å². The van der Waals surface area contributed by atoms with Gasteiger partial charge < -0.3 is 15.2 Å². The third-order valence-corrected chi connectivity index (χ3v) is 3.10. The lowest BCUT2D eigenvalue weighted by Crippen LogP contribution is -2.40. The first-order valence-electron chi connectivity index (χ1n) is 6.00. The number of ether oxygens (including phenoxy) is 2. The third-order valence-electron chi connectivity index (χ3n) is 3.10. The van der Waals surface area contributed by atoms with E-state index in [4.69, 9.17) is 15.2 Å². The van der Waals surface area contributed by atoms with E-state index in [0.29, 0.717) is 0 Å². The van der Waals surface area contributed by atoms with Gasteiger partial charge in [0.25, 0.3) is 0 Å². The molecule has 0 radical (unpaired) electrons. The fraction of sp³-hybridized carbons (Fsp3) is 0.538. The molecule has 0 spiro atoms. The fourth-order valence-electron chi connectivity index (χ4n) is 2.13. The number of rotatable bonds is 4. The number of hydrogen-bond donors (Lipinski definition) is 1. The van der Waals surface area contributed by atoms with Crippen molar-refractivity contribution in [2.24, 2.45) is 5.73 Å². The van der Waals surface area contributed by atoms with E-state index in [1.165, 1.54) is 0 Å². The Bertz CT molecular complexity index is 351. The summed E-state index contributed by atoms with van der Waals surface area (Å²) in [6, 6.07) is 7.93. The molecule has 4 nitrogen and oxygen atoms in total. The average Bonchev–Trinajstić information content (AvgIpc) is 2.40. The molecule has 0 aliphatic carbocycles. The summed E-state index contributed by atoms with van der Waals surface area (Å²) in [6.45, 7) is 4.38. The van der Waals surface area contributed by atoms with E-state index in [-0.39, 0.29) is 6.04 Å². The molecule has 2 N–H and O–H groups in total. The van der Waals surface area contributed by atoms with Crippen LogP contribution in [0.25, 0.3) is 0 Å². The molecule has 4 heteroatoms. The maximum absolute atomic E-state index is 6.24. The minimum absolute atomic E-state index is 0.00995. The van der Waals surface area contributed by atoms with E-state index in [9.17, 15) is 0 Å². The summed E-state index contributed by atoms with van der Waals surface area (Å²) in [4.78, 5) is 2.33. The van der Waals surface area contributed by atoms with Crippen molar-refractivity contribution in [2.75, 3.05) is 40.0 Å². The fourth-order valence-corrected chi connectivity index (χ4v) is 2.13. The van der Waals surface area contributed by atoms with E-state index >= 15 is 0 Å². The van der Waals surface area contributed by atoms with Crippen LogP contribution in [-0.4, -0.2) is 44.9 Å². The van der Waals surface area contributed by atoms with Gasteiger partial charge in [-0.2, -0.15) is 0 Å². The number of morpholine rings is 1. The molecule has 1 aromatic carbocycles. The number of nitrogens with zero attached hydrogens (tertiary/aromatic N) is 1. The second-order valence-corrected chi connectivity index (χ2v) is 4.26. The van der Waals surface area contributed by atoms with Crippen molar-refractivity contribution < 1.29 is 9.47 Å². The Morgan fingerprint density at radius 1 is 1.35 bits per heavy atom. The molecule has 0 saturated carbocycles. The van der Waals surface area contributed by atoms with Gasteiger partial charge in [0.2, 0.25) is 0 Å². The van der Waals surface area contributed by atoms with Crippen molar-refractivity contribution in [1.29, 1.82) is 0 Å². The normalized spacial score (nSPS) is 18.9. The van der Waals surface area contributed by atoms with E-state index in [0.717, 1.165) is 44.2 Å². The lowest BCUT2D eigenvalue weighted by molar-refractivity contribution is 0.0352. The summed E-state index contributed by atoms with van der Waals surface area (Å²) in [5.74, 6) is 0.869. The lowest BCUT2D eigenvalue weighted by Gasteiger charge is -2.29. The predicted octanol–water partition coefficient (Wildman–Crippen LogP) is 1.03. The largest absolute Gasteiger partial charge is 0.496 e. The van der Waals surface area contributed by atoms with Gasteiger partial charge in [0.05, 0.1) is 20.3 Å². The lowest BCUT2D eigenvalue weighted by atomic mass is 10.1. The molecule has 1 aliphatic heterocycles. The Balaban J connectivity index is 2.00. The molecule has 0 aromatic heterocycles. The monoisotopic (exact) mass is 236 g/mol. The van der Waals surface area contributed by atoms with Crippen LogP contribution in [-0.2, 0) is 4.74 Å². The zero-order valence-electron chi connectivity index (χ0n) is 10.3. The number of benzene rings is 1.